The molecule has 1 heterocycles. The number of carbonyl (C=O) groups is 2. The second kappa shape index (κ2) is 10.4. The van der Waals surface area contributed by atoms with Crippen molar-refractivity contribution in [3.63, 3.8) is 0 Å². The lowest BCUT2D eigenvalue weighted by Crippen LogP contribution is -2.46. The van der Waals surface area contributed by atoms with Crippen molar-refractivity contribution in [1.82, 2.24) is 4.90 Å². The van der Waals surface area contributed by atoms with Gasteiger partial charge in [-0.15, -0.1) is 0 Å². The van der Waals surface area contributed by atoms with Crippen LogP contribution >= 0.6 is 0 Å². The Morgan fingerprint density at radius 1 is 1.06 bits per heavy atom. The van der Waals surface area contributed by atoms with Gasteiger partial charge in [0.2, 0.25) is 5.91 Å². The number of ether oxygens (including phenoxy) is 2. The average molecular weight is 425 g/mol. The highest BCUT2D eigenvalue weighted by Gasteiger charge is 2.42. The van der Waals surface area contributed by atoms with Crippen LogP contribution in [-0.4, -0.2) is 43.6 Å². The second-order valence-corrected chi connectivity index (χ2v) is 8.18. The molecule has 31 heavy (non-hydrogen) atoms. The summed E-state index contributed by atoms with van der Waals surface area (Å²) in [4.78, 5) is 26.5. The predicted octanol–water partition coefficient (Wildman–Crippen LogP) is 4.04. The molecular formula is C25H32N2O4. The number of nitrogens with one attached hydrogen (secondary N) is 1. The van der Waals surface area contributed by atoms with Crippen molar-refractivity contribution in [2.24, 2.45) is 5.41 Å². The highest BCUT2D eigenvalue weighted by molar-refractivity contribution is 5.88. The fraction of sp³-hybridized carbons (Fsp3) is 0.440. The maximum atomic E-state index is 13.0. The maximum Gasteiger partial charge on any atom is 0.312 e. The van der Waals surface area contributed by atoms with E-state index in [2.05, 4.69) is 10.2 Å². The number of likely N-dealkylation sites (tertiary alicyclic amines) is 1. The molecule has 1 aliphatic rings. The van der Waals surface area contributed by atoms with Gasteiger partial charge in [-0.1, -0.05) is 24.3 Å². The SMILES string of the molecule is CCOC(=O)C1(Cc2cccc(OC)c2)CCN(Cc2ccc(NC(C)=O)cc2)CC1. The molecule has 2 aromatic carbocycles. The van der Waals surface area contributed by atoms with Crippen LogP contribution in [0.3, 0.4) is 0 Å². The first-order valence-corrected chi connectivity index (χ1v) is 10.8. The highest BCUT2D eigenvalue weighted by Crippen LogP contribution is 2.37. The molecule has 0 unspecified atom stereocenters. The van der Waals surface area contributed by atoms with Gasteiger partial charge in [-0.3, -0.25) is 14.5 Å². The molecule has 0 aromatic heterocycles. The summed E-state index contributed by atoms with van der Waals surface area (Å²) < 4.78 is 10.8. The number of esters is 1. The van der Waals surface area contributed by atoms with Crippen LogP contribution in [0.5, 0.6) is 5.75 Å². The first-order chi connectivity index (χ1) is 14.9. The van der Waals surface area contributed by atoms with Gasteiger partial charge in [0.25, 0.3) is 0 Å². The van der Waals surface area contributed by atoms with E-state index in [1.165, 1.54) is 12.5 Å². The van der Waals surface area contributed by atoms with Crippen molar-refractivity contribution in [2.45, 2.75) is 39.7 Å². The van der Waals surface area contributed by atoms with Crippen molar-refractivity contribution < 1.29 is 19.1 Å². The van der Waals surface area contributed by atoms with Gasteiger partial charge >= 0.3 is 5.97 Å². The molecule has 166 valence electrons. The quantitative estimate of drug-likeness (QED) is 0.648. The number of piperidine rings is 1. The summed E-state index contributed by atoms with van der Waals surface area (Å²) in [6.45, 7) is 6.23. The molecule has 1 saturated heterocycles. The molecular weight excluding hydrogens is 392 g/mol. The molecule has 1 amide bonds. The summed E-state index contributed by atoms with van der Waals surface area (Å²) in [5, 5.41) is 2.79. The number of nitrogens with zero attached hydrogens (tertiary/aromatic N) is 1. The Kier molecular flexibility index (Phi) is 7.69. The lowest BCUT2D eigenvalue weighted by atomic mass is 9.73. The number of benzene rings is 2. The minimum atomic E-state index is -0.506. The summed E-state index contributed by atoms with van der Waals surface area (Å²) in [7, 11) is 1.65. The Morgan fingerprint density at radius 3 is 2.39 bits per heavy atom. The van der Waals surface area contributed by atoms with Gasteiger partial charge in [-0.05, 0) is 74.7 Å². The highest BCUT2D eigenvalue weighted by atomic mass is 16.5. The monoisotopic (exact) mass is 424 g/mol. The van der Waals surface area contributed by atoms with Gasteiger partial charge in [0.1, 0.15) is 5.75 Å². The van der Waals surface area contributed by atoms with Crippen LogP contribution in [-0.2, 0) is 27.3 Å². The molecule has 0 atom stereocenters. The van der Waals surface area contributed by atoms with Gasteiger partial charge in [0.15, 0.2) is 0 Å². The second-order valence-electron chi connectivity index (χ2n) is 8.18. The molecule has 3 rings (SSSR count). The van der Waals surface area contributed by atoms with E-state index in [0.29, 0.717) is 13.0 Å². The fourth-order valence-electron chi connectivity index (χ4n) is 4.20. The number of rotatable bonds is 8. The summed E-state index contributed by atoms with van der Waals surface area (Å²) >= 11 is 0. The van der Waals surface area contributed by atoms with Crippen molar-refractivity contribution in [3.8, 4) is 5.75 Å². The summed E-state index contributed by atoms with van der Waals surface area (Å²) in [6, 6.07) is 15.9. The standard InChI is InChI=1S/C25H32N2O4/c1-4-31-24(29)25(17-21-6-5-7-23(16-21)30-3)12-14-27(15-13-25)18-20-8-10-22(11-9-20)26-19(2)28/h5-11,16H,4,12-15,17-18H2,1-3H3,(H,26,28). The zero-order valence-electron chi connectivity index (χ0n) is 18.6. The first kappa shape index (κ1) is 22.8. The largest absolute Gasteiger partial charge is 0.497 e. The molecule has 0 saturated carbocycles. The third-order valence-electron chi connectivity index (χ3n) is 5.88. The van der Waals surface area contributed by atoms with Crippen LogP contribution in [0.25, 0.3) is 0 Å². The van der Waals surface area contributed by atoms with E-state index in [1.807, 2.05) is 55.5 Å². The number of carbonyl (C=O) groups excluding carboxylic acids is 2. The number of hydrogen-bond acceptors (Lipinski definition) is 5. The topological polar surface area (TPSA) is 67.9 Å². The molecule has 0 spiro atoms. The number of amides is 1. The third kappa shape index (κ3) is 6.07. The van der Waals surface area contributed by atoms with E-state index in [4.69, 9.17) is 9.47 Å². The normalized spacial score (nSPS) is 15.8. The zero-order chi connectivity index (χ0) is 22.3. The van der Waals surface area contributed by atoms with Gasteiger partial charge < -0.3 is 14.8 Å². The van der Waals surface area contributed by atoms with Crippen molar-refractivity contribution in [3.05, 3.63) is 59.7 Å². The van der Waals surface area contributed by atoms with E-state index in [0.717, 1.165) is 49.5 Å². The minimum absolute atomic E-state index is 0.0740. The first-order valence-electron chi connectivity index (χ1n) is 10.8. The van der Waals surface area contributed by atoms with Crippen LogP contribution in [0.2, 0.25) is 0 Å². The Hall–Kier alpha value is -2.86. The molecule has 0 radical (unpaired) electrons. The van der Waals surface area contributed by atoms with E-state index in [1.54, 1.807) is 7.11 Å². The fourth-order valence-corrected chi connectivity index (χ4v) is 4.20. The Balaban J connectivity index is 1.66. The van der Waals surface area contributed by atoms with Crippen molar-refractivity contribution in [2.75, 3.05) is 32.1 Å². The minimum Gasteiger partial charge on any atom is -0.497 e. The number of methoxy groups -OCH3 is 1. The van der Waals surface area contributed by atoms with E-state index >= 15 is 0 Å². The summed E-state index contributed by atoms with van der Waals surface area (Å²) in [6.07, 6.45) is 2.17. The van der Waals surface area contributed by atoms with Crippen molar-refractivity contribution in [1.29, 1.82) is 0 Å². The van der Waals surface area contributed by atoms with Crippen LogP contribution < -0.4 is 10.1 Å². The average Bonchev–Trinajstić information content (AvgIpc) is 2.76. The molecule has 6 nitrogen and oxygen atoms in total. The van der Waals surface area contributed by atoms with E-state index < -0.39 is 5.41 Å². The zero-order valence-corrected chi connectivity index (χ0v) is 18.6. The Bertz CT molecular complexity index is 887. The predicted molar refractivity (Wildman–Crippen MR) is 121 cm³/mol. The molecule has 1 aliphatic heterocycles. The maximum absolute atomic E-state index is 13.0. The lowest BCUT2D eigenvalue weighted by Gasteiger charge is -2.40. The molecule has 1 N–H and O–H groups in total. The molecule has 2 aromatic rings. The van der Waals surface area contributed by atoms with Gasteiger partial charge in [-0.2, -0.15) is 0 Å². The van der Waals surface area contributed by atoms with E-state index in [9.17, 15) is 9.59 Å². The Labute approximate surface area is 184 Å². The Morgan fingerprint density at radius 2 is 1.77 bits per heavy atom. The number of anilines is 1. The summed E-state index contributed by atoms with van der Waals surface area (Å²) in [5.74, 6) is 0.629. The van der Waals surface area contributed by atoms with Gasteiger partial charge in [-0.25, -0.2) is 0 Å². The van der Waals surface area contributed by atoms with Crippen LogP contribution in [0.1, 0.15) is 37.8 Å². The lowest BCUT2D eigenvalue weighted by molar-refractivity contribution is -0.158. The smallest absolute Gasteiger partial charge is 0.312 e. The van der Waals surface area contributed by atoms with Crippen LogP contribution in [0.4, 0.5) is 5.69 Å². The van der Waals surface area contributed by atoms with Gasteiger partial charge in [0.05, 0.1) is 19.1 Å². The van der Waals surface area contributed by atoms with Gasteiger partial charge in [0, 0.05) is 19.2 Å². The molecule has 6 heteroatoms. The molecule has 0 bridgehead atoms. The van der Waals surface area contributed by atoms with E-state index in [-0.39, 0.29) is 11.9 Å². The molecule has 0 aliphatic carbocycles. The number of hydrogen-bond donors (Lipinski definition) is 1. The third-order valence-corrected chi connectivity index (χ3v) is 5.88. The van der Waals surface area contributed by atoms with Crippen LogP contribution in [0, 0.1) is 5.41 Å². The molecule has 1 fully saturated rings. The van der Waals surface area contributed by atoms with Crippen molar-refractivity contribution >= 4 is 17.6 Å². The summed E-state index contributed by atoms with van der Waals surface area (Å²) in [5.41, 5.74) is 2.57. The van der Waals surface area contributed by atoms with Crippen LogP contribution in [0.15, 0.2) is 48.5 Å².